The van der Waals surface area contributed by atoms with Gasteiger partial charge in [0.05, 0.1) is 29.5 Å². The molecule has 2 aliphatic rings. The van der Waals surface area contributed by atoms with E-state index >= 15 is 0 Å². The third kappa shape index (κ3) is 4.04. The lowest BCUT2D eigenvalue weighted by Crippen LogP contribution is -2.46. The van der Waals surface area contributed by atoms with E-state index in [4.69, 9.17) is 17.0 Å². The fourth-order valence-electron chi connectivity index (χ4n) is 3.08. The number of carbonyl (C=O) groups excluding carboxylic acids is 2. The topological polar surface area (TPSA) is 65.1 Å². The lowest BCUT2D eigenvalue weighted by atomic mass is 10.2. The summed E-state index contributed by atoms with van der Waals surface area (Å²) >= 11 is 4.95. The third-order valence-electron chi connectivity index (χ3n) is 4.50. The number of benzene rings is 1. The van der Waals surface area contributed by atoms with Crippen LogP contribution in [0.25, 0.3) is 0 Å². The van der Waals surface area contributed by atoms with Gasteiger partial charge in [-0.15, -0.1) is 0 Å². The van der Waals surface area contributed by atoms with Crippen molar-refractivity contribution in [1.29, 1.82) is 0 Å². The van der Waals surface area contributed by atoms with E-state index < -0.39 is 11.9 Å². The highest BCUT2D eigenvalue weighted by molar-refractivity contribution is 7.80. The second kappa shape index (κ2) is 7.86. The zero-order valence-corrected chi connectivity index (χ0v) is 15.3. The molecule has 3 rings (SSSR count). The summed E-state index contributed by atoms with van der Waals surface area (Å²) in [6.45, 7) is 4.81. The number of ether oxygens (including phenoxy) is 1. The van der Waals surface area contributed by atoms with Gasteiger partial charge in [0.25, 0.3) is 0 Å². The molecule has 0 spiro atoms. The fourth-order valence-corrected chi connectivity index (χ4v) is 3.17. The number of nitrogens with zero attached hydrogens (tertiary/aromatic N) is 3. The number of hydrogen-bond donors (Lipinski definition) is 1. The first-order valence-corrected chi connectivity index (χ1v) is 8.85. The Morgan fingerprint density at radius 1 is 1.38 bits per heavy atom. The maximum Gasteiger partial charge on any atom is 0.414 e. The summed E-state index contributed by atoms with van der Waals surface area (Å²) in [6.07, 6.45) is -0.0168. The molecule has 0 unspecified atom stereocenters. The number of thiocarbonyl (C=S) groups is 1. The minimum atomic E-state index is -0.495. The van der Waals surface area contributed by atoms with E-state index in [2.05, 4.69) is 5.32 Å². The maximum atomic E-state index is 14.6. The van der Waals surface area contributed by atoms with Crippen LogP contribution in [0.3, 0.4) is 0 Å². The Labute approximate surface area is 156 Å². The average molecular weight is 380 g/mol. The van der Waals surface area contributed by atoms with Crippen molar-refractivity contribution in [3.05, 3.63) is 24.0 Å². The van der Waals surface area contributed by atoms with E-state index in [1.165, 1.54) is 11.0 Å². The third-order valence-corrected chi connectivity index (χ3v) is 4.64. The predicted octanol–water partition coefficient (Wildman–Crippen LogP) is 1.37. The molecular formula is C17H21FN4O3S. The Morgan fingerprint density at radius 3 is 2.73 bits per heavy atom. The Balaban J connectivity index is 1.67. The number of hydrogen-bond acceptors (Lipinski definition) is 5. The zero-order valence-electron chi connectivity index (χ0n) is 14.5. The monoisotopic (exact) mass is 380 g/mol. The fraction of sp³-hybridized carbons (Fsp3) is 0.471. The van der Waals surface area contributed by atoms with Gasteiger partial charge in [-0.3, -0.25) is 9.69 Å². The average Bonchev–Trinajstić information content (AvgIpc) is 3.01. The van der Waals surface area contributed by atoms with Crippen LogP contribution in [-0.4, -0.2) is 67.8 Å². The van der Waals surface area contributed by atoms with Crippen molar-refractivity contribution >= 4 is 41.1 Å². The molecule has 7 nitrogen and oxygen atoms in total. The lowest BCUT2D eigenvalue weighted by molar-refractivity contribution is -0.118. The Bertz CT molecular complexity index is 709. The molecule has 2 amide bonds. The van der Waals surface area contributed by atoms with Gasteiger partial charge in [-0.05, 0) is 25.1 Å². The van der Waals surface area contributed by atoms with Crippen LogP contribution in [0.15, 0.2) is 18.2 Å². The van der Waals surface area contributed by atoms with Gasteiger partial charge < -0.3 is 19.9 Å². The van der Waals surface area contributed by atoms with Crippen molar-refractivity contribution in [3.63, 3.8) is 0 Å². The molecule has 1 aromatic rings. The van der Waals surface area contributed by atoms with E-state index in [9.17, 15) is 14.0 Å². The molecule has 1 N–H and O–H groups in total. The minimum Gasteiger partial charge on any atom is -0.442 e. The molecule has 2 saturated heterocycles. The SMILES string of the molecule is CC(=S)NC[C@H]1CN(c2ccc(N3CCN(C=O)CC3)c(F)c2)C(=O)O1. The van der Waals surface area contributed by atoms with Crippen LogP contribution in [0, 0.1) is 5.82 Å². The molecule has 0 aromatic heterocycles. The van der Waals surface area contributed by atoms with E-state index in [1.807, 2.05) is 4.90 Å². The first-order valence-electron chi connectivity index (χ1n) is 8.44. The largest absolute Gasteiger partial charge is 0.442 e. The standard InChI is InChI=1S/C17H21FN4O3S/c1-12(26)19-9-14-10-22(17(24)25-14)13-2-3-16(15(18)8-13)21-6-4-20(11-23)5-7-21/h2-3,8,11,14H,4-7,9-10H2,1H3,(H,19,26)/t14-/m0/s1. The summed E-state index contributed by atoms with van der Waals surface area (Å²) in [5.41, 5.74) is 0.936. The Kier molecular flexibility index (Phi) is 5.55. The van der Waals surface area contributed by atoms with Gasteiger partial charge in [-0.25, -0.2) is 9.18 Å². The molecule has 2 fully saturated rings. The highest BCUT2D eigenvalue weighted by Crippen LogP contribution is 2.28. The number of carbonyl (C=O) groups is 2. The van der Waals surface area contributed by atoms with E-state index in [1.54, 1.807) is 24.0 Å². The molecule has 1 atom stereocenters. The summed E-state index contributed by atoms with van der Waals surface area (Å²) in [5, 5.41) is 2.97. The van der Waals surface area contributed by atoms with Crippen molar-refractivity contribution < 1.29 is 18.7 Å². The van der Waals surface area contributed by atoms with Gasteiger partial charge in [0, 0.05) is 26.2 Å². The molecule has 2 heterocycles. The van der Waals surface area contributed by atoms with Crippen LogP contribution < -0.4 is 15.1 Å². The van der Waals surface area contributed by atoms with Crippen LogP contribution in [0.4, 0.5) is 20.6 Å². The van der Waals surface area contributed by atoms with Crippen LogP contribution >= 0.6 is 12.2 Å². The van der Waals surface area contributed by atoms with Crippen molar-refractivity contribution in [3.8, 4) is 0 Å². The molecule has 0 bridgehead atoms. The number of cyclic esters (lactones) is 1. The number of halogens is 1. The summed E-state index contributed by atoms with van der Waals surface area (Å²) in [7, 11) is 0. The van der Waals surface area contributed by atoms with Gasteiger partial charge in [0.2, 0.25) is 6.41 Å². The Morgan fingerprint density at radius 2 is 2.12 bits per heavy atom. The predicted molar refractivity (Wildman–Crippen MR) is 100 cm³/mol. The molecule has 1 aromatic carbocycles. The Hall–Kier alpha value is -2.42. The quantitative estimate of drug-likeness (QED) is 0.615. The van der Waals surface area contributed by atoms with Crippen LogP contribution in [0.5, 0.6) is 0 Å². The highest BCUT2D eigenvalue weighted by atomic mass is 32.1. The second-order valence-corrected chi connectivity index (χ2v) is 6.93. The van der Waals surface area contributed by atoms with E-state index in [0.29, 0.717) is 55.6 Å². The molecule has 0 aliphatic carbocycles. The maximum absolute atomic E-state index is 14.6. The molecular weight excluding hydrogens is 359 g/mol. The first-order chi connectivity index (χ1) is 12.5. The van der Waals surface area contributed by atoms with Crippen molar-refractivity contribution in [2.45, 2.75) is 13.0 Å². The van der Waals surface area contributed by atoms with Crippen molar-refractivity contribution in [1.82, 2.24) is 10.2 Å². The van der Waals surface area contributed by atoms with Crippen molar-refractivity contribution in [2.75, 3.05) is 49.1 Å². The molecule has 26 heavy (non-hydrogen) atoms. The van der Waals surface area contributed by atoms with Gasteiger partial charge in [0.15, 0.2) is 0 Å². The number of anilines is 2. The van der Waals surface area contributed by atoms with E-state index in [-0.39, 0.29) is 6.10 Å². The highest BCUT2D eigenvalue weighted by Gasteiger charge is 2.32. The number of rotatable bonds is 5. The smallest absolute Gasteiger partial charge is 0.414 e. The molecule has 2 aliphatic heterocycles. The summed E-state index contributed by atoms with van der Waals surface area (Å²) in [5.74, 6) is -0.397. The summed E-state index contributed by atoms with van der Waals surface area (Å²) in [4.78, 5) is 28.5. The first kappa shape index (κ1) is 18.4. The van der Waals surface area contributed by atoms with Crippen LogP contribution in [0.2, 0.25) is 0 Å². The van der Waals surface area contributed by atoms with Crippen molar-refractivity contribution in [2.24, 2.45) is 0 Å². The number of amides is 2. The zero-order chi connectivity index (χ0) is 18.7. The van der Waals surface area contributed by atoms with Gasteiger partial charge in [-0.1, -0.05) is 12.2 Å². The minimum absolute atomic E-state index is 0.334. The lowest BCUT2D eigenvalue weighted by Gasteiger charge is -2.34. The molecule has 140 valence electrons. The van der Waals surface area contributed by atoms with Crippen LogP contribution in [-0.2, 0) is 9.53 Å². The number of nitrogens with one attached hydrogen (secondary N) is 1. The normalized spacial score (nSPS) is 20.2. The second-order valence-electron chi connectivity index (χ2n) is 6.32. The number of piperazine rings is 1. The molecule has 0 radical (unpaired) electrons. The van der Waals surface area contributed by atoms with Gasteiger partial charge in [-0.2, -0.15) is 0 Å². The van der Waals surface area contributed by atoms with Gasteiger partial charge in [0.1, 0.15) is 11.9 Å². The molecule has 9 heteroatoms. The van der Waals surface area contributed by atoms with E-state index in [0.717, 1.165) is 6.41 Å². The van der Waals surface area contributed by atoms with Gasteiger partial charge >= 0.3 is 6.09 Å². The summed E-state index contributed by atoms with van der Waals surface area (Å²) < 4.78 is 19.9. The molecule has 0 saturated carbocycles. The summed E-state index contributed by atoms with van der Waals surface area (Å²) in [6, 6.07) is 4.73. The van der Waals surface area contributed by atoms with Crippen LogP contribution in [0.1, 0.15) is 6.92 Å².